The number of benzene rings is 2. The first kappa shape index (κ1) is 29.3. The Kier molecular flexibility index (Phi) is 8.90. The average molecular weight is 578 g/mol. The summed E-state index contributed by atoms with van der Waals surface area (Å²) in [5, 5.41) is 2.83. The summed E-state index contributed by atoms with van der Waals surface area (Å²) in [4.78, 5) is 16.1. The predicted octanol–water partition coefficient (Wildman–Crippen LogP) is 6.77. The van der Waals surface area contributed by atoms with Gasteiger partial charge in [-0.3, -0.25) is 4.79 Å². The number of rotatable bonds is 6. The minimum atomic E-state index is -4.55. The number of carbonyl (C=O) groups is 1. The van der Waals surface area contributed by atoms with Crippen molar-refractivity contribution in [2.75, 3.05) is 43.0 Å². The van der Waals surface area contributed by atoms with Crippen LogP contribution in [0.5, 0.6) is 0 Å². The molecule has 2 aromatic rings. The molecule has 0 radical (unpaired) electrons. The maximum Gasteiger partial charge on any atom is 0.417 e. The molecular weight excluding hydrogens is 548 g/mol. The molecule has 0 bridgehead atoms. The third kappa shape index (κ3) is 7.51. The van der Waals surface area contributed by atoms with Crippen LogP contribution in [0, 0.1) is 6.92 Å². The first-order chi connectivity index (χ1) is 18.3. The quantitative estimate of drug-likeness (QED) is 0.385. The number of hydrogen-bond acceptors (Lipinski definition) is 4. The normalized spacial score (nSPS) is 20.7. The molecule has 2 aliphatic rings. The van der Waals surface area contributed by atoms with Gasteiger partial charge in [0.1, 0.15) is 6.61 Å². The molecule has 214 valence electrons. The monoisotopic (exact) mass is 577 g/mol. The summed E-state index contributed by atoms with van der Waals surface area (Å²) in [5.74, 6) is -0.179. The van der Waals surface area contributed by atoms with Crippen molar-refractivity contribution in [1.29, 1.82) is 0 Å². The SMILES string of the molecule is Cc1ccc(NC2CCC(OCC(=O)N3CCN(c4ccc(Cl)c(C(F)(F)F)c4)CC3)CC2)cc1C(F)(F)F. The Bertz CT molecular complexity index is 1160. The van der Waals surface area contributed by atoms with E-state index in [2.05, 4.69) is 5.32 Å². The summed E-state index contributed by atoms with van der Waals surface area (Å²) < 4.78 is 84.9. The molecule has 0 unspecified atom stereocenters. The summed E-state index contributed by atoms with van der Waals surface area (Å²) in [5.41, 5.74) is -0.524. The fraction of sp³-hybridized carbons (Fsp3) is 0.519. The van der Waals surface area contributed by atoms with E-state index in [1.807, 2.05) is 0 Å². The maximum absolute atomic E-state index is 13.2. The molecule has 1 aliphatic heterocycles. The van der Waals surface area contributed by atoms with E-state index in [0.29, 0.717) is 63.2 Å². The van der Waals surface area contributed by atoms with Gasteiger partial charge >= 0.3 is 12.4 Å². The van der Waals surface area contributed by atoms with Crippen LogP contribution in [0.2, 0.25) is 5.02 Å². The van der Waals surface area contributed by atoms with Crippen molar-refractivity contribution in [3.05, 3.63) is 58.1 Å². The highest BCUT2D eigenvalue weighted by Gasteiger charge is 2.35. The standard InChI is InChI=1S/C27H30ClF6N3O2/c1-17-2-3-19(14-22(17)26(29,30)31)35-18-4-7-21(8-5-18)39-16-25(38)37-12-10-36(11-13-37)20-6-9-24(28)23(15-20)27(32,33)34/h2-3,6,9,14-15,18,21,35H,4-5,7-8,10-13,16H2,1H3. The Labute approximate surface area is 228 Å². The zero-order chi connectivity index (χ0) is 28.4. The van der Waals surface area contributed by atoms with Gasteiger partial charge < -0.3 is 19.9 Å². The Hall–Kier alpha value is -2.66. The number of alkyl halides is 6. The molecule has 5 nitrogen and oxygen atoms in total. The summed E-state index contributed by atoms with van der Waals surface area (Å²) in [6, 6.07) is 8.06. The minimum Gasteiger partial charge on any atom is -0.382 e. The van der Waals surface area contributed by atoms with Gasteiger partial charge in [0, 0.05) is 43.6 Å². The molecule has 1 heterocycles. The van der Waals surface area contributed by atoms with E-state index >= 15 is 0 Å². The molecule has 1 saturated carbocycles. The van der Waals surface area contributed by atoms with Gasteiger partial charge in [-0.25, -0.2) is 0 Å². The molecule has 1 amide bonds. The number of hydrogen-bond donors (Lipinski definition) is 1. The van der Waals surface area contributed by atoms with Crippen LogP contribution >= 0.6 is 11.6 Å². The van der Waals surface area contributed by atoms with Crippen molar-refractivity contribution < 1.29 is 35.9 Å². The lowest BCUT2D eigenvalue weighted by Crippen LogP contribution is -2.50. The molecule has 1 saturated heterocycles. The molecule has 39 heavy (non-hydrogen) atoms. The molecule has 0 spiro atoms. The third-order valence-electron chi connectivity index (χ3n) is 7.28. The van der Waals surface area contributed by atoms with E-state index in [4.69, 9.17) is 16.3 Å². The zero-order valence-electron chi connectivity index (χ0n) is 21.3. The number of nitrogens with one attached hydrogen (secondary N) is 1. The summed E-state index contributed by atoms with van der Waals surface area (Å²) in [6.07, 6.45) is -6.31. The number of piperazine rings is 1. The van der Waals surface area contributed by atoms with Crippen molar-refractivity contribution in [2.45, 2.75) is 57.1 Å². The number of ether oxygens (including phenoxy) is 1. The van der Waals surface area contributed by atoms with Crippen LogP contribution in [0.3, 0.4) is 0 Å². The van der Waals surface area contributed by atoms with E-state index in [0.717, 1.165) is 12.1 Å². The molecule has 12 heteroatoms. The van der Waals surface area contributed by atoms with E-state index < -0.39 is 23.5 Å². The van der Waals surface area contributed by atoms with Gasteiger partial charge in [-0.15, -0.1) is 0 Å². The van der Waals surface area contributed by atoms with Crippen molar-refractivity contribution >= 4 is 28.9 Å². The molecule has 1 N–H and O–H groups in total. The van der Waals surface area contributed by atoms with Crippen molar-refractivity contribution in [3.8, 4) is 0 Å². The van der Waals surface area contributed by atoms with Crippen LogP contribution in [-0.4, -0.2) is 55.7 Å². The minimum absolute atomic E-state index is 0.0168. The summed E-state index contributed by atoms with van der Waals surface area (Å²) in [6.45, 7) is 2.84. The van der Waals surface area contributed by atoms with E-state index in [-0.39, 0.29) is 35.2 Å². The van der Waals surface area contributed by atoms with Gasteiger partial charge in [0.25, 0.3) is 0 Å². The molecular formula is C27H30ClF6N3O2. The highest BCUT2D eigenvalue weighted by molar-refractivity contribution is 6.31. The summed E-state index contributed by atoms with van der Waals surface area (Å²) in [7, 11) is 0. The van der Waals surface area contributed by atoms with Crippen molar-refractivity contribution in [3.63, 3.8) is 0 Å². The van der Waals surface area contributed by atoms with Crippen LogP contribution in [-0.2, 0) is 21.9 Å². The number of carbonyl (C=O) groups excluding carboxylic acids is 1. The van der Waals surface area contributed by atoms with Crippen LogP contribution in [0.1, 0.15) is 42.4 Å². The summed E-state index contributed by atoms with van der Waals surface area (Å²) >= 11 is 5.71. The van der Waals surface area contributed by atoms with Crippen LogP contribution in [0.15, 0.2) is 36.4 Å². The predicted molar refractivity (Wildman–Crippen MR) is 137 cm³/mol. The molecule has 2 fully saturated rings. The Morgan fingerprint density at radius 1 is 0.923 bits per heavy atom. The molecule has 4 rings (SSSR count). The topological polar surface area (TPSA) is 44.8 Å². The fourth-order valence-electron chi connectivity index (χ4n) is 5.05. The molecule has 2 aromatic carbocycles. The van der Waals surface area contributed by atoms with Gasteiger partial charge in [0.15, 0.2) is 0 Å². The molecule has 0 atom stereocenters. The largest absolute Gasteiger partial charge is 0.417 e. The Balaban J connectivity index is 1.20. The van der Waals surface area contributed by atoms with Gasteiger partial charge in [0.2, 0.25) is 5.91 Å². The van der Waals surface area contributed by atoms with Gasteiger partial charge in [-0.2, -0.15) is 26.3 Å². The second kappa shape index (κ2) is 11.8. The average Bonchev–Trinajstić information content (AvgIpc) is 2.88. The van der Waals surface area contributed by atoms with Crippen LogP contribution < -0.4 is 10.2 Å². The van der Waals surface area contributed by atoms with Crippen LogP contribution in [0.25, 0.3) is 0 Å². The number of aryl methyl sites for hydroxylation is 1. The first-order valence-corrected chi connectivity index (χ1v) is 13.1. The number of nitrogens with zero attached hydrogens (tertiary/aromatic N) is 2. The van der Waals surface area contributed by atoms with Crippen molar-refractivity contribution in [2.24, 2.45) is 0 Å². The highest BCUT2D eigenvalue weighted by Crippen LogP contribution is 2.37. The lowest BCUT2D eigenvalue weighted by molar-refractivity contribution is -0.139. The van der Waals surface area contributed by atoms with E-state index in [9.17, 15) is 31.1 Å². The Morgan fingerprint density at radius 2 is 1.56 bits per heavy atom. The zero-order valence-corrected chi connectivity index (χ0v) is 22.1. The lowest BCUT2D eigenvalue weighted by Gasteiger charge is -2.37. The van der Waals surface area contributed by atoms with Gasteiger partial charge in [0.05, 0.1) is 22.3 Å². The van der Waals surface area contributed by atoms with Gasteiger partial charge in [-0.05, 0) is 68.5 Å². The first-order valence-electron chi connectivity index (χ1n) is 12.8. The second-order valence-electron chi connectivity index (χ2n) is 9.99. The van der Waals surface area contributed by atoms with Crippen molar-refractivity contribution in [1.82, 2.24) is 4.90 Å². The smallest absolute Gasteiger partial charge is 0.382 e. The van der Waals surface area contributed by atoms with E-state index in [1.165, 1.54) is 25.1 Å². The fourth-order valence-corrected chi connectivity index (χ4v) is 5.27. The molecule has 1 aliphatic carbocycles. The highest BCUT2D eigenvalue weighted by atomic mass is 35.5. The second-order valence-corrected chi connectivity index (χ2v) is 10.4. The maximum atomic E-state index is 13.2. The molecule has 0 aromatic heterocycles. The van der Waals surface area contributed by atoms with E-state index in [1.54, 1.807) is 15.9 Å². The number of anilines is 2. The lowest BCUT2D eigenvalue weighted by atomic mass is 9.92. The third-order valence-corrected chi connectivity index (χ3v) is 7.61. The number of amides is 1. The van der Waals surface area contributed by atoms with Gasteiger partial charge in [-0.1, -0.05) is 17.7 Å². The Morgan fingerprint density at radius 3 is 2.18 bits per heavy atom. The number of halogens is 7. The van der Waals surface area contributed by atoms with Crippen LogP contribution in [0.4, 0.5) is 37.7 Å².